The third-order valence-electron chi connectivity index (χ3n) is 25.3. The molecule has 0 atom stereocenters. The van der Waals surface area contributed by atoms with Gasteiger partial charge < -0.3 is 32.0 Å². The van der Waals surface area contributed by atoms with Crippen molar-refractivity contribution in [2.24, 2.45) is 0 Å². The lowest BCUT2D eigenvalue weighted by atomic mass is 9.92. The van der Waals surface area contributed by atoms with Crippen molar-refractivity contribution in [3.8, 4) is 73.2 Å². The van der Waals surface area contributed by atoms with Crippen molar-refractivity contribution in [2.75, 3.05) is 0 Å². The van der Waals surface area contributed by atoms with Crippen LogP contribution in [0.5, 0.6) is 0 Å². The van der Waals surface area contributed by atoms with Gasteiger partial charge in [0.1, 0.15) is 0 Å². The van der Waals surface area contributed by atoms with E-state index in [1.165, 1.54) is 12.1 Å². The predicted molar refractivity (Wildman–Crippen MR) is 493 cm³/mol. The highest BCUT2D eigenvalue weighted by molar-refractivity contribution is 6.21. The molecule has 0 saturated heterocycles. The van der Waals surface area contributed by atoms with Crippen LogP contribution >= 0.6 is 0 Å². The molecule has 0 fully saturated rings. The van der Waals surface area contributed by atoms with Gasteiger partial charge in [0.05, 0.1) is 111 Å². The maximum absolute atomic E-state index is 16.7. The van der Waals surface area contributed by atoms with E-state index >= 15 is 13.2 Å². The van der Waals surface area contributed by atoms with E-state index in [0.29, 0.717) is 28.1 Å². The molecule has 18 aromatic carbocycles. The first kappa shape index (κ1) is 67.7. The molecule has 10 heteroatoms. The number of rotatable bonds is 10. The van der Waals surface area contributed by atoms with Crippen molar-refractivity contribution in [1.82, 2.24) is 32.0 Å². The van der Waals surface area contributed by atoms with Gasteiger partial charge in [-0.3, -0.25) is 0 Å². The van der Waals surface area contributed by atoms with Gasteiger partial charge in [-0.2, -0.15) is 13.2 Å². The summed E-state index contributed by atoms with van der Waals surface area (Å²) in [5, 5.41) is 14.6. The van der Waals surface area contributed by atoms with Crippen molar-refractivity contribution in [3.05, 3.63) is 405 Å². The standard InChI is InChI=1S/C110H68F3N7/c1-67-60-72(62-73(61-67)110(111,112)113)104-105(116-92-44-20-8-32-76(92)77-33-9-21-45-93(77)116)107(118-96-48-24-12-36-80(96)81-37-13-25-49-97(81)118)109(108(119-98-50-26-14-38-82(98)83-39-15-27-51-99(83)119)106(104)117-94-46-22-10-34-78(94)79-35-11-23-47-95(79)117)120-102-58-54-70(68-52-56-100-86(63-68)84-40-16-18-42-90(84)114(100)74-28-4-2-5-29-74)65-88(102)89-66-71(55-59-103(89)120)69-53-57-101-87(64-69)85-41-17-19-43-91(85)115(101)75-30-6-3-7-31-75/h2-66H,1H3. The second-order valence-corrected chi connectivity index (χ2v) is 31.8. The van der Waals surface area contributed by atoms with E-state index in [1.54, 1.807) is 6.92 Å². The van der Waals surface area contributed by atoms with Crippen molar-refractivity contribution in [2.45, 2.75) is 13.1 Å². The van der Waals surface area contributed by atoms with Gasteiger partial charge in [0.25, 0.3) is 0 Å². The number of fused-ring (bicyclic) bond motifs is 21. The number of halogens is 3. The maximum Gasteiger partial charge on any atom is 0.416 e. The summed E-state index contributed by atoms with van der Waals surface area (Å²) in [6.07, 6.45) is -4.76. The number of aryl methyl sites for hydroxylation is 1. The van der Waals surface area contributed by atoms with Crippen LogP contribution in [0.4, 0.5) is 13.2 Å². The van der Waals surface area contributed by atoms with Crippen LogP contribution in [0.25, 0.3) is 226 Å². The topological polar surface area (TPSA) is 34.5 Å². The average molecular weight is 1540 g/mol. The van der Waals surface area contributed by atoms with Crippen LogP contribution in [0.2, 0.25) is 0 Å². The van der Waals surface area contributed by atoms with E-state index in [-0.39, 0.29) is 0 Å². The van der Waals surface area contributed by atoms with E-state index in [1.807, 2.05) is 6.07 Å². The Balaban J connectivity index is 0.934. The maximum atomic E-state index is 16.7. The molecule has 0 aliphatic rings. The Bertz CT molecular complexity index is 7990. The normalized spacial score (nSPS) is 12.3. The highest BCUT2D eigenvalue weighted by atomic mass is 19.4. The minimum Gasteiger partial charge on any atom is -0.309 e. The predicted octanol–water partition coefficient (Wildman–Crippen LogP) is 29.7. The molecule has 0 aliphatic carbocycles. The largest absolute Gasteiger partial charge is 0.416 e. The molecule has 0 spiro atoms. The molecular formula is C110H68F3N7. The molecule has 0 radical (unpaired) electrons. The quantitative estimate of drug-likeness (QED) is 0.131. The third kappa shape index (κ3) is 9.75. The number of benzene rings is 18. The highest BCUT2D eigenvalue weighted by Gasteiger charge is 2.39. The van der Waals surface area contributed by atoms with Crippen molar-refractivity contribution < 1.29 is 13.2 Å². The summed E-state index contributed by atoms with van der Waals surface area (Å²) in [6, 6.07) is 140. The Hall–Kier alpha value is -15.7. The molecule has 0 aliphatic heterocycles. The van der Waals surface area contributed by atoms with Crippen LogP contribution in [0.1, 0.15) is 11.1 Å². The van der Waals surface area contributed by atoms with Crippen LogP contribution in [0, 0.1) is 6.92 Å². The zero-order valence-electron chi connectivity index (χ0n) is 64.8. The molecule has 0 bridgehead atoms. The molecule has 0 unspecified atom stereocenters. The van der Waals surface area contributed by atoms with Gasteiger partial charge in [0.2, 0.25) is 0 Å². The average Bonchev–Trinajstić information content (AvgIpc) is 1.47. The fourth-order valence-electron chi connectivity index (χ4n) is 20.4. The fourth-order valence-corrected chi connectivity index (χ4v) is 20.4. The number of para-hydroxylation sites is 12. The van der Waals surface area contributed by atoms with Crippen LogP contribution in [0.3, 0.4) is 0 Å². The first-order chi connectivity index (χ1) is 59.1. The van der Waals surface area contributed by atoms with E-state index < -0.39 is 11.7 Å². The van der Waals surface area contributed by atoms with Gasteiger partial charge >= 0.3 is 6.18 Å². The van der Waals surface area contributed by atoms with Crippen LogP contribution in [-0.4, -0.2) is 32.0 Å². The molecule has 564 valence electrons. The van der Waals surface area contributed by atoms with Crippen molar-refractivity contribution >= 4 is 153 Å². The summed E-state index contributed by atoms with van der Waals surface area (Å²) in [5.41, 5.74) is 24.0. The minimum absolute atomic E-state index is 0.385. The second kappa shape index (κ2) is 25.7. The third-order valence-corrected chi connectivity index (χ3v) is 25.3. The Labute approximate surface area is 685 Å². The van der Waals surface area contributed by atoms with Gasteiger partial charge in [0, 0.05) is 92.3 Å². The van der Waals surface area contributed by atoms with E-state index in [9.17, 15) is 0 Å². The summed E-state index contributed by atoms with van der Waals surface area (Å²) < 4.78 is 67.2. The molecule has 25 aromatic rings. The van der Waals surface area contributed by atoms with Crippen LogP contribution in [0.15, 0.2) is 394 Å². The lowest BCUT2D eigenvalue weighted by Crippen LogP contribution is -2.18. The van der Waals surface area contributed by atoms with Gasteiger partial charge in [-0.25, -0.2) is 0 Å². The van der Waals surface area contributed by atoms with Crippen LogP contribution < -0.4 is 0 Å². The summed E-state index contributed by atoms with van der Waals surface area (Å²) in [7, 11) is 0. The Kier molecular flexibility index (Phi) is 14.5. The molecule has 0 saturated carbocycles. The van der Waals surface area contributed by atoms with Gasteiger partial charge in [-0.1, -0.05) is 249 Å². The van der Waals surface area contributed by atoms with Gasteiger partial charge in [0.15, 0.2) is 0 Å². The first-order valence-electron chi connectivity index (χ1n) is 40.8. The van der Waals surface area contributed by atoms with Gasteiger partial charge in [-0.15, -0.1) is 0 Å². The van der Waals surface area contributed by atoms with Crippen LogP contribution in [-0.2, 0) is 6.18 Å². The Morgan fingerprint density at radius 1 is 0.175 bits per heavy atom. The molecule has 7 aromatic heterocycles. The smallest absolute Gasteiger partial charge is 0.309 e. The fraction of sp³-hybridized carbons (Fsp3) is 0.0182. The van der Waals surface area contributed by atoms with Gasteiger partial charge in [-0.05, 0) is 186 Å². The lowest BCUT2D eigenvalue weighted by Gasteiger charge is -2.32. The number of hydrogen-bond donors (Lipinski definition) is 0. The SMILES string of the molecule is Cc1cc(-c2c(-n3c4ccccc4c4ccccc43)c(-n3c4ccccc4c4ccccc43)c(-n3c4ccc(-c5ccc6c(c5)c5ccccc5n6-c5ccccc5)cc4c4cc(-c5ccc6c(c5)c5ccccc5n6-c5ccccc5)ccc43)c(-n3c4ccccc4c4ccccc43)c2-n2c3ccccc3c3ccccc32)cc(C(F)(F)F)c1. The number of hydrogen-bond acceptors (Lipinski definition) is 0. The molecule has 7 nitrogen and oxygen atoms in total. The summed E-state index contributed by atoms with van der Waals surface area (Å²) in [5.74, 6) is 0. The first-order valence-corrected chi connectivity index (χ1v) is 40.8. The summed E-state index contributed by atoms with van der Waals surface area (Å²) in [4.78, 5) is 0. The highest BCUT2D eigenvalue weighted by Crippen LogP contribution is 2.56. The molecular weight excluding hydrogens is 1480 g/mol. The van der Waals surface area contributed by atoms with E-state index in [4.69, 9.17) is 0 Å². The Morgan fingerprint density at radius 2 is 0.383 bits per heavy atom. The van der Waals surface area contributed by atoms with E-state index in [0.717, 1.165) is 203 Å². The zero-order chi connectivity index (χ0) is 79.3. The number of aromatic nitrogens is 7. The van der Waals surface area contributed by atoms with Crippen molar-refractivity contribution in [3.63, 3.8) is 0 Å². The van der Waals surface area contributed by atoms with Crippen molar-refractivity contribution in [1.29, 1.82) is 0 Å². The second-order valence-electron chi connectivity index (χ2n) is 31.8. The molecule has 7 heterocycles. The molecule has 0 amide bonds. The lowest BCUT2D eigenvalue weighted by molar-refractivity contribution is -0.137. The Morgan fingerprint density at radius 3 is 0.658 bits per heavy atom. The molecule has 25 rings (SSSR count). The minimum atomic E-state index is -4.76. The summed E-state index contributed by atoms with van der Waals surface area (Å²) in [6.45, 7) is 1.80. The van der Waals surface area contributed by atoms with E-state index in [2.05, 4.69) is 408 Å². The molecule has 120 heavy (non-hydrogen) atoms. The number of alkyl halides is 3. The molecule has 0 N–H and O–H groups in total. The number of nitrogens with zero attached hydrogens (tertiary/aromatic N) is 7. The zero-order valence-corrected chi connectivity index (χ0v) is 64.8. The summed E-state index contributed by atoms with van der Waals surface area (Å²) >= 11 is 0. The monoisotopic (exact) mass is 1540 g/mol.